The predicted molar refractivity (Wildman–Crippen MR) is 192 cm³/mol. The van der Waals surface area contributed by atoms with E-state index in [9.17, 15) is 4.79 Å². The Morgan fingerprint density at radius 1 is 1.00 bits per heavy atom. The molecule has 2 atom stereocenters. The zero-order chi connectivity index (χ0) is 32.5. The smallest absolute Gasteiger partial charge is 0.272 e. The van der Waals surface area contributed by atoms with Gasteiger partial charge in [-0.3, -0.25) is 9.69 Å². The molecular weight excluding hydrogens is 627 g/mol. The van der Waals surface area contributed by atoms with E-state index in [0.717, 1.165) is 76.2 Å². The number of H-pyrrole nitrogens is 1. The molecule has 2 aromatic heterocycles. The number of rotatable bonds is 8. The van der Waals surface area contributed by atoms with Gasteiger partial charge >= 0.3 is 0 Å². The monoisotopic (exact) mass is 662 g/mol. The number of aromatic nitrogens is 3. The van der Waals surface area contributed by atoms with E-state index in [-0.39, 0.29) is 18.0 Å². The van der Waals surface area contributed by atoms with Crippen LogP contribution in [0.2, 0.25) is 10.0 Å². The molecule has 0 spiro atoms. The van der Waals surface area contributed by atoms with E-state index in [1.165, 1.54) is 0 Å². The fourth-order valence-corrected chi connectivity index (χ4v) is 6.94. The van der Waals surface area contributed by atoms with Gasteiger partial charge in [0.1, 0.15) is 5.69 Å². The Labute approximate surface area is 284 Å². The molecule has 0 bridgehead atoms. The van der Waals surface area contributed by atoms with Crippen LogP contribution in [-0.4, -0.2) is 44.5 Å². The summed E-state index contributed by atoms with van der Waals surface area (Å²) in [5, 5.41) is 5.37. The number of amides is 1. The van der Waals surface area contributed by atoms with Crippen LogP contribution in [-0.2, 0) is 6.54 Å². The van der Waals surface area contributed by atoms with Crippen molar-refractivity contribution in [2.24, 2.45) is 5.73 Å². The van der Waals surface area contributed by atoms with Gasteiger partial charge in [-0.1, -0.05) is 89.9 Å². The van der Waals surface area contributed by atoms with Crippen LogP contribution in [0.15, 0.2) is 103 Å². The van der Waals surface area contributed by atoms with Gasteiger partial charge in [0, 0.05) is 56.9 Å². The molecule has 9 heteroatoms. The van der Waals surface area contributed by atoms with Crippen molar-refractivity contribution in [3.05, 3.63) is 130 Å². The second-order valence-electron chi connectivity index (χ2n) is 12.3. The fourth-order valence-electron chi connectivity index (χ4n) is 6.64. The van der Waals surface area contributed by atoms with E-state index in [1.54, 1.807) is 0 Å². The number of aromatic amines is 1. The molecule has 4 N–H and O–H groups in total. The van der Waals surface area contributed by atoms with E-state index < -0.39 is 0 Å². The van der Waals surface area contributed by atoms with Crippen molar-refractivity contribution in [2.45, 2.75) is 38.4 Å². The lowest BCUT2D eigenvalue weighted by Gasteiger charge is -2.31. The predicted octanol–water partition coefficient (Wildman–Crippen LogP) is 8.79. The molecule has 1 aliphatic rings. The lowest BCUT2D eigenvalue weighted by Crippen LogP contribution is -2.42. The maximum atomic E-state index is 14.5. The number of nitrogens with one attached hydrogen (secondary N) is 2. The molecule has 1 unspecified atom stereocenters. The standard InChI is InChI=1S/C38H36Cl2N6O/c1-24(25-13-15-28(39)16-14-25)46-23-42-35(26-8-3-2-4-9-26)37(46)34-31-18-17-29(40)20-33(31)43-36(34)38(47)44-32-12-6-5-10-27(32)21-45-19-7-11-30(41)22-45/h2-6,8-10,12-18,20,23-24,30,43H,7,11,19,21-22,41H2,1H3,(H,44,47)/t24?,30-/m1/s1. The molecule has 0 radical (unpaired) electrons. The van der Waals surface area contributed by atoms with Gasteiger partial charge < -0.3 is 20.6 Å². The quantitative estimate of drug-likeness (QED) is 0.152. The number of nitrogens with two attached hydrogens (primary N) is 1. The summed E-state index contributed by atoms with van der Waals surface area (Å²) in [5.74, 6) is -0.249. The lowest BCUT2D eigenvalue weighted by molar-refractivity contribution is 0.102. The number of likely N-dealkylation sites (tertiary alicyclic amines) is 1. The van der Waals surface area contributed by atoms with Gasteiger partial charge in [0.2, 0.25) is 0 Å². The van der Waals surface area contributed by atoms with Crippen molar-refractivity contribution in [1.29, 1.82) is 0 Å². The summed E-state index contributed by atoms with van der Waals surface area (Å²) in [6.45, 7) is 4.66. The van der Waals surface area contributed by atoms with Crippen molar-refractivity contribution in [3.63, 3.8) is 0 Å². The van der Waals surface area contributed by atoms with E-state index in [2.05, 4.69) is 32.8 Å². The highest BCUT2D eigenvalue weighted by Gasteiger charge is 2.28. The third kappa shape index (κ3) is 6.45. The summed E-state index contributed by atoms with van der Waals surface area (Å²) < 4.78 is 2.13. The Balaban J connectivity index is 1.36. The summed E-state index contributed by atoms with van der Waals surface area (Å²) in [4.78, 5) is 25.2. The number of para-hydroxylation sites is 1. The maximum absolute atomic E-state index is 14.5. The van der Waals surface area contributed by atoms with Crippen molar-refractivity contribution in [3.8, 4) is 22.5 Å². The number of imidazole rings is 1. The molecule has 1 saturated heterocycles. The summed E-state index contributed by atoms with van der Waals surface area (Å²) in [7, 11) is 0. The molecule has 0 aliphatic carbocycles. The summed E-state index contributed by atoms with van der Waals surface area (Å²) in [6.07, 6.45) is 3.97. The van der Waals surface area contributed by atoms with E-state index in [4.69, 9.17) is 33.9 Å². The summed E-state index contributed by atoms with van der Waals surface area (Å²) in [5.41, 5.74) is 13.7. The molecule has 7 nitrogen and oxygen atoms in total. The number of benzene rings is 4. The van der Waals surface area contributed by atoms with E-state index in [1.807, 2.05) is 97.3 Å². The third-order valence-corrected chi connectivity index (χ3v) is 9.52. The van der Waals surface area contributed by atoms with Gasteiger partial charge in [-0.05, 0) is 67.8 Å². The lowest BCUT2D eigenvalue weighted by atomic mass is 9.99. The number of piperidine rings is 1. The first kappa shape index (κ1) is 31.2. The van der Waals surface area contributed by atoms with Crippen LogP contribution >= 0.6 is 23.2 Å². The van der Waals surface area contributed by atoms with Crippen LogP contribution < -0.4 is 11.1 Å². The summed E-state index contributed by atoms with van der Waals surface area (Å²) >= 11 is 12.7. The first-order valence-electron chi connectivity index (χ1n) is 15.9. The van der Waals surface area contributed by atoms with E-state index >= 15 is 0 Å². The van der Waals surface area contributed by atoms with Crippen molar-refractivity contribution in [1.82, 2.24) is 19.4 Å². The minimum Gasteiger partial charge on any atom is -0.350 e. The molecular formula is C38H36Cl2N6O. The van der Waals surface area contributed by atoms with Gasteiger partial charge in [0.05, 0.1) is 23.8 Å². The number of hydrogen-bond donors (Lipinski definition) is 3. The Morgan fingerprint density at radius 2 is 1.74 bits per heavy atom. The van der Waals surface area contributed by atoms with Crippen LogP contribution in [0.3, 0.4) is 0 Å². The average Bonchev–Trinajstić information content (AvgIpc) is 3.67. The fraction of sp³-hybridized carbons (Fsp3) is 0.211. The molecule has 0 saturated carbocycles. The van der Waals surface area contributed by atoms with Gasteiger partial charge in [-0.2, -0.15) is 0 Å². The van der Waals surface area contributed by atoms with Crippen molar-refractivity contribution in [2.75, 3.05) is 18.4 Å². The molecule has 4 aromatic carbocycles. The highest BCUT2D eigenvalue weighted by atomic mass is 35.5. The van der Waals surface area contributed by atoms with Crippen LogP contribution in [0.1, 0.15) is 47.4 Å². The molecule has 6 aromatic rings. The molecule has 238 valence electrons. The molecule has 1 fully saturated rings. The van der Waals surface area contributed by atoms with Gasteiger partial charge in [0.15, 0.2) is 0 Å². The number of hydrogen-bond acceptors (Lipinski definition) is 4. The highest BCUT2D eigenvalue weighted by molar-refractivity contribution is 6.31. The van der Waals surface area contributed by atoms with Crippen LogP contribution in [0, 0.1) is 0 Å². The SMILES string of the molecule is CC(c1ccc(Cl)cc1)n1cnc(-c2ccccc2)c1-c1c(C(=O)Nc2ccccc2CN2CCC[C@@H](N)C2)[nH]c2cc(Cl)ccc12. The number of anilines is 1. The zero-order valence-electron chi connectivity index (χ0n) is 26.1. The Kier molecular flexibility index (Phi) is 8.88. The molecule has 7 rings (SSSR count). The maximum Gasteiger partial charge on any atom is 0.272 e. The summed E-state index contributed by atoms with van der Waals surface area (Å²) in [6, 6.07) is 31.6. The van der Waals surface area contributed by atoms with Gasteiger partial charge in [0.25, 0.3) is 5.91 Å². The second kappa shape index (κ2) is 13.4. The topological polar surface area (TPSA) is 92.0 Å². The average molecular weight is 664 g/mol. The largest absolute Gasteiger partial charge is 0.350 e. The van der Waals surface area contributed by atoms with Gasteiger partial charge in [-0.25, -0.2) is 4.98 Å². The second-order valence-corrected chi connectivity index (χ2v) is 13.1. The van der Waals surface area contributed by atoms with Gasteiger partial charge in [-0.15, -0.1) is 0 Å². The number of fused-ring (bicyclic) bond motifs is 1. The van der Waals surface area contributed by atoms with Crippen LogP contribution in [0.5, 0.6) is 0 Å². The zero-order valence-corrected chi connectivity index (χ0v) is 27.6. The molecule has 47 heavy (non-hydrogen) atoms. The van der Waals surface area contributed by atoms with Crippen LogP contribution in [0.4, 0.5) is 5.69 Å². The Morgan fingerprint density at radius 3 is 2.53 bits per heavy atom. The number of halogens is 2. The van der Waals surface area contributed by atoms with E-state index in [0.29, 0.717) is 22.3 Å². The highest BCUT2D eigenvalue weighted by Crippen LogP contribution is 2.41. The normalized spacial score (nSPS) is 16.0. The first-order valence-corrected chi connectivity index (χ1v) is 16.7. The van der Waals surface area contributed by atoms with Crippen LogP contribution in [0.25, 0.3) is 33.4 Å². The minimum atomic E-state index is -0.249. The third-order valence-electron chi connectivity index (χ3n) is 9.04. The number of carbonyl (C=O) groups excluding carboxylic acids is 1. The van der Waals surface area contributed by atoms with Crippen molar-refractivity contribution < 1.29 is 4.79 Å². The Hall–Kier alpha value is -4.40. The first-order chi connectivity index (χ1) is 22.9. The van der Waals surface area contributed by atoms with Crippen molar-refractivity contribution >= 4 is 45.7 Å². The Bertz CT molecular complexity index is 2040. The number of nitrogens with zero attached hydrogens (tertiary/aromatic N) is 3. The molecule has 3 heterocycles. The molecule has 1 amide bonds. The molecule has 1 aliphatic heterocycles. The minimum absolute atomic E-state index is 0.114. The number of carbonyl (C=O) groups is 1.